The molecule has 1 amide bonds. The van der Waals surface area contributed by atoms with E-state index in [1.807, 2.05) is 23.1 Å². The molecule has 1 atom stereocenters. The number of hydrogen-bond acceptors (Lipinski definition) is 3. The van der Waals surface area contributed by atoms with Gasteiger partial charge in [0.15, 0.2) is 0 Å². The topological polar surface area (TPSA) is 46.3 Å². The molecule has 1 aromatic rings. The van der Waals surface area contributed by atoms with E-state index in [-0.39, 0.29) is 11.9 Å². The van der Waals surface area contributed by atoms with Gasteiger partial charge in [0.2, 0.25) is 5.91 Å². The van der Waals surface area contributed by atoms with Gasteiger partial charge in [-0.3, -0.25) is 4.79 Å². The fraction of sp³-hybridized carbons (Fsp3) is 0.533. The summed E-state index contributed by atoms with van der Waals surface area (Å²) in [6, 6.07) is 10.1. The molecule has 0 saturated carbocycles. The number of amides is 1. The molecule has 2 rings (SSSR count). The van der Waals surface area contributed by atoms with Crippen molar-refractivity contribution in [2.75, 3.05) is 18.8 Å². The summed E-state index contributed by atoms with van der Waals surface area (Å²) in [4.78, 5) is 15.2. The second-order valence-corrected chi connectivity index (χ2v) is 6.12. The van der Waals surface area contributed by atoms with Gasteiger partial charge in [-0.2, -0.15) is 0 Å². The molecule has 1 aromatic carbocycles. The molecule has 3 nitrogen and oxygen atoms in total. The van der Waals surface area contributed by atoms with Crippen LogP contribution in [0.2, 0.25) is 0 Å². The number of likely N-dealkylation sites (tertiary alicyclic amines) is 1. The molecule has 0 unspecified atom stereocenters. The van der Waals surface area contributed by atoms with E-state index in [4.69, 9.17) is 5.73 Å². The molecule has 1 fully saturated rings. The van der Waals surface area contributed by atoms with Crippen molar-refractivity contribution in [3.8, 4) is 0 Å². The molecule has 0 aromatic heterocycles. The van der Waals surface area contributed by atoms with Crippen molar-refractivity contribution in [2.45, 2.75) is 36.6 Å². The standard InChI is InChI=1S/C15H22N2OS/c16-13(12-19-14-7-3-1-4-8-14)11-15(18)17-9-5-2-6-10-17/h1,3-4,7-8,13H,2,5-6,9-12,16H2/t13-/m1/s1. The first kappa shape index (κ1) is 14.4. The SMILES string of the molecule is N[C@@H](CSc1ccccc1)CC(=O)N1CCCCC1. The lowest BCUT2D eigenvalue weighted by Crippen LogP contribution is -2.39. The maximum atomic E-state index is 12.1. The quantitative estimate of drug-likeness (QED) is 0.842. The molecule has 1 aliphatic rings. The third kappa shape index (κ3) is 4.88. The smallest absolute Gasteiger partial charge is 0.224 e. The third-order valence-corrected chi connectivity index (χ3v) is 4.55. The lowest BCUT2D eigenvalue weighted by atomic mass is 10.1. The first-order chi connectivity index (χ1) is 9.25. The van der Waals surface area contributed by atoms with Crippen LogP contribution in [-0.4, -0.2) is 35.7 Å². The van der Waals surface area contributed by atoms with Crippen LogP contribution in [-0.2, 0) is 4.79 Å². The molecule has 2 N–H and O–H groups in total. The molecule has 0 bridgehead atoms. The van der Waals surface area contributed by atoms with E-state index in [2.05, 4.69) is 12.1 Å². The number of carbonyl (C=O) groups excluding carboxylic acids is 1. The number of rotatable bonds is 5. The Morgan fingerprint density at radius 1 is 1.21 bits per heavy atom. The molecule has 1 heterocycles. The average Bonchev–Trinajstić information content (AvgIpc) is 2.47. The molecule has 1 aliphatic heterocycles. The number of nitrogens with zero attached hydrogens (tertiary/aromatic N) is 1. The zero-order chi connectivity index (χ0) is 13.5. The summed E-state index contributed by atoms with van der Waals surface area (Å²) < 4.78 is 0. The minimum atomic E-state index is -0.0559. The van der Waals surface area contributed by atoms with Gasteiger partial charge in [0.05, 0.1) is 0 Å². The molecule has 19 heavy (non-hydrogen) atoms. The van der Waals surface area contributed by atoms with E-state index < -0.39 is 0 Å². The molecule has 0 spiro atoms. The van der Waals surface area contributed by atoms with Crippen LogP contribution in [0.15, 0.2) is 35.2 Å². The van der Waals surface area contributed by atoms with Crippen molar-refractivity contribution in [2.24, 2.45) is 5.73 Å². The largest absolute Gasteiger partial charge is 0.343 e. The highest BCUT2D eigenvalue weighted by Gasteiger charge is 2.18. The van der Waals surface area contributed by atoms with Gasteiger partial charge < -0.3 is 10.6 Å². The highest BCUT2D eigenvalue weighted by molar-refractivity contribution is 7.99. The molecular formula is C15H22N2OS. The Morgan fingerprint density at radius 3 is 2.58 bits per heavy atom. The number of benzene rings is 1. The maximum Gasteiger partial charge on any atom is 0.224 e. The Labute approximate surface area is 119 Å². The van der Waals surface area contributed by atoms with Crippen LogP contribution in [0, 0.1) is 0 Å². The number of thioether (sulfide) groups is 1. The van der Waals surface area contributed by atoms with Crippen molar-refractivity contribution >= 4 is 17.7 Å². The van der Waals surface area contributed by atoms with Crippen LogP contribution in [0.4, 0.5) is 0 Å². The number of nitrogens with two attached hydrogens (primary N) is 1. The van der Waals surface area contributed by atoms with Crippen molar-refractivity contribution in [3.63, 3.8) is 0 Å². The lowest BCUT2D eigenvalue weighted by Gasteiger charge is -2.27. The maximum absolute atomic E-state index is 12.1. The van der Waals surface area contributed by atoms with Crippen LogP contribution in [0.3, 0.4) is 0 Å². The van der Waals surface area contributed by atoms with E-state index in [1.54, 1.807) is 11.8 Å². The van der Waals surface area contributed by atoms with Crippen molar-refractivity contribution in [1.29, 1.82) is 0 Å². The summed E-state index contributed by atoms with van der Waals surface area (Å²) in [5, 5.41) is 0. The van der Waals surface area contributed by atoms with Crippen molar-refractivity contribution in [3.05, 3.63) is 30.3 Å². The van der Waals surface area contributed by atoms with Gasteiger partial charge >= 0.3 is 0 Å². The zero-order valence-corrected chi connectivity index (χ0v) is 12.1. The Hall–Kier alpha value is -1.00. The van der Waals surface area contributed by atoms with E-state index in [1.165, 1.54) is 11.3 Å². The number of hydrogen-bond donors (Lipinski definition) is 1. The normalized spacial score (nSPS) is 17.2. The second-order valence-electron chi connectivity index (χ2n) is 5.03. The molecule has 4 heteroatoms. The van der Waals surface area contributed by atoms with E-state index in [9.17, 15) is 4.79 Å². The second kappa shape index (κ2) is 7.56. The van der Waals surface area contributed by atoms with Gasteiger partial charge in [-0.05, 0) is 31.4 Å². The first-order valence-electron chi connectivity index (χ1n) is 6.97. The Bertz CT molecular complexity index is 390. The van der Waals surface area contributed by atoms with E-state index in [0.717, 1.165) is 31.7 Å². The van der Waals surface area contributed by atoms with Gasteiger partial charge in [-0.25, -0.2) is 0 Å². The summed E-state index contributed by atoms with van der Waals surface area (Å²) in [5.74, 6) is 1.02. The fourth-order valence-electron chi connectivity index (χ4n) is 2.28. The summed E-state index contributed by atoms with van der Waals surface area (Å²) in [6.45, 7) is 1.83. The Balaban J connectivity index is 1.71. The van der Waals surface area contributed by atoms with E-state index in [0.29, 0.717) is 6.42 Å². The zero-order valence-electron chi connectivity index (χ0n) is 11.3. The molecule has 0 radical (unpaired) electrons. The molecule has 0 aliphatic carbocycles. The third-order valence-electron chi connectivity index (χ3n) is 3.35. The molecular weight excluding hydrogens is 256 g/mol. The summed E-state index contributed by atoms with van der Waals surface area (Å²) in [6.07, 6.45) is 4.00. The van der Waals surface area contributed by atoms with E-state index >= 15 is 0 Å². The van der Waals surface area contributed by atoms with Crippen LogP contribution in [0.5, 0.6) is 0 Å². The van der Waals surface area contributed by atoms with Gasteiger partial charge in [0.25, 0.3) is 0 Å². The monoisotopic (exact) mass is 278 g/mol. The number of piperidine rings is 1. The first-order valence-corrected chi connectivity index (χ1v) is 7.95. The highest BCUT2D eigenvalue weighted by Crippen LogP contribution is 2.19. The predicted octanol–water partition coefficient (Wildman–Crippen LogP) is 2.51. The predicted molar refractivity (Wildman–Crippen MR) is 80.2 cm³/mol. The van der Waals surface area contributed by atoms with Crippen LogP contribution < -0.4 is 5.73 Å². The van der Waals surface area contributed by atoms with Crippen LogP contribution in [0.25, 0.3) is 0 Å². The Kier molecular flexibility index (Phi) is 5.73. The fourth-order valence-corrected chi connectivity index (χ4v) is 3.15. The van der Waals surface area contributed by atoms with Crippen LogP contribution in [0.1, 0.15) is 25.7 Å². The van der Waals surface area contributed by atoms with Crippen molar-refractivity contribution < 1.29 is 4.79 Å². The van der Waals surface area contributed by atoms with Crippen molar-refractivity contribution in [1.82, 2.24) is 4.90 Å². The minimum absolute atomic E-state index is 0.0559. The van der Waals surface area contributed by atoms with Gasteiger partial charge in [-0.1, -0.05) is 18.2 Å². The average molecular weight is 278 g/mol. The highest BCUT2D eigenvalue weighted by atomic mass is 32.2. The minimum Gasteiger partial charge on any atom is -0.343 e. The van der Waals surface area contributed by atoms with Gasteiger partial charge in [-0.15, -0.1) is 11.8 Å². The number of carbonyl (C=O) groups is 1. The Morgan fingerprint density at radius 2 is 1.89 bits per heavy atom. The molecule has 1 saturated heterocycles. The lowest BCUT2D eigenvalue weighted by molar-refractivity contribution is -0.132. The van der Waals surface area contributed by atoms with Gasteiger partial charge in [0, 0.05) is 36.2 Å². The van der Waals surface area contributed by atoms with Gasteiger partial charge in [0.1, 0.15) is 0 Å². The summed E-state index contributed by atoms with van der Waals surface area (Å²) in [7, 11) is 0. The molecule has 104 valence electrons. The summed E-state index contributed by atoms with van der Waals surface area (Å²) in [5.41, 5.74) is 6.06. The summed E-state index contributed by atoms with van der Waals surface area (Å²) >= 11 is 1.72. The van der Waals surface area contributed by atoms with Crippen LogP contribution >= 0.6 is 11.8 Å².